The number of amides is 1. The van der Waals surface area contributed by atoms with Crippen LogP contribution in [0.5, 0.6) is 0 Å². The van der Waals surface area contributed by atoms with Gasteiger partial charge in [0, 0.05) is 33.4 Å². The second kappa shape index (κ2) is 11.3. The van der Waals surface area contributed by atoms with Crippen molar-refractivity contribution in [2.45, 2.75) is 122 Å². The lowest BCUT2D eigenvalue weighted by Crippen LogP contribution is -2.62. The van der Waals surface area contributed by atoms with Gasteiger partial charge in [-0.2, -0.15) is 5.26 Å². The van der Waals surface area contributed by atoms with Gasteiger partial charge in [0.2, 0.25) is 0 Å². The molecular formula is C44H53N3O6. The lowest BCUT2D eigenvalue weighted by Gasteiger charge is -2.64. The zero-order valence-electron chi connectivity index (χ0n) is 32.5. The van der Waals surface area contributed by atoms with Crippen LogP contribution in [0.2, 0.25) is 0 Å². The predicted molar refractivity (Wildman–Crippen MR) is 203 cm³/mol. The van der Waals surface area contributed by atoms with Crippen molar-refractivity contribution < 1.29 is 29.3 Å². The highest BCUT2D eigenvalue weighted by molar-refractivity contribution is 6.18. The molecule has 9 nitrogen and oxygen atoms in total. The zero-order valence-corrected chi connectivity index (χ0v) is 32.5. The first kappa shape index (κ1) is 36.0. The van der Waals surface area contributed by atoms with E-state index in [1.165, 1.54) is 18.4 Å². The predicted octanol–water partition coefficient (Wildman–Crippen LogP) is 7.92. The Kier molecular flexibility index (Phi) is 7.67. The number of nitriles is 1. The summed E-state index contributed by atoms with van der Waals surface area (Å²) in [6.07, 6.45) is 9.56. The molecular weight excluding hydrogens is 666 g/mol. The summed E-state index contributed by atoms with van der Waals surface area (Å²) in [7, 11) is 1.25. The van der Waals surface area contributed by atoms with Crippen LogP contribution >= 0.6 is 0 Å². The maximum Gasteiger partial charge on any atom is 0.411 e. The minimum Gasteiger partial charge on any atom is -0.453 e. The Bertz CT molecular complexity index is 2160. The fraction of sp³-hybridized carbons (Fsp3) is 0.568. The van der Waals surface area contributed by atoms with E-state index < -0.39 is 41.0 Å². The van der Waals surface area contributed by atoms with Gasteiger partial charge < -0.3 is 24.3 Å². The van der Waals surface area contributed by atoms with E-state index in [-0.39, 0.29) is 34.1 Å². The summed E-state index contributed by atoms with van der Waals surface area (Å²) in [5.41, 5.74) is 5.32. The quantitative estimate of drug-likeness (QED) is 0.166. The third-order valence-electron chi connectivity index (χ3n) is 14.9. The van der Waals surface area contributed by atoms with E-state index >= 15 is 0 Å². The number of aliphatic hydroxyl groups is 2. The van der Waals surface area contributed by atoms with Crippen molar-refractivity contribution in [3.8, 4) is 6.07 Å². The Morgan fingerprint density at radius 1 is 1.15 bits per heavy atom. The smallest absolute Gasteiger partial charge is 0.411 e. The second-order valence-electron chi connectivity index (χ2n) is 18.5. The highest BCUT2D eigenvalue weighted by Crippen LogP contribution is 2.71. The number of ether oxygens (including phenoxy) is 2. The normalized spacial score (nSPS) is 37.4. The van der Waals surface area contributed by atoms with Crippen molar-refractivity contribution in [3.05, 3.63) is 76.2 Å². The number of rotatable bonds is 4. The van der Waals surface area contributed by atoms with E-state index in [0.717, 1.165) is 58.9 Å². The molecule has 0 saturated heterocycles. The fourth-order valence-electron chi connectivity index (χ4n) is 12.7. The van der Waals surface area contributed by atoms with Gasteiger partial charge in [-0.3, -0.25) is 10.1 Å². The van der Waals surface area contributed by atoms with Crippen LogP contribution < -0.4 is 5.32 Å². The van der Waals surface area contributed by atoms with Gasteiger partial charge in [-0.25, -0.2) is 4.79 Å². The average Bonchev–Trinajstić information content (AvgIpc) is 3.75. The minimum absolute atomic E-state index is 0.00507. The minimum atomic E-state index is -0.876. The van der Waals surface area contributed by atoms with E-state index in [0.29, 0.717) is 17.9 Å². The molecule has 2 aliphatic heterocycles. The van der Waals surface area contributed by atoms with Gasteiger partial charge in [-0.1, -0.05) is 45.1 Å². The number of hydrogen-bond acceptors (Lipinski definition) is 7. The van der Waals surface area contributed by atoms with Crippen LogP contribution in [0.1, 0.15) is 126 Å². The number of alkyl carbamates (subject to hydrolysis) is 1. The van der Waals surface area contributed by atoms with Crippen LogP contribution in [0.3, 0.4) is 0 Å². The molecule has 9 heteroatoms. The molecule has 3 N–H and O–H groups in total. The molecule has 0 spiro atoms. The molecule has 0 bridgehead atoms. The molecule has 1 amide bonds. The molecule has 3 heterocycles. The summed E-state index contributed by atoms with van der Waals surface area (Å²) in [6.45, 7) is 21.5. The number of fused-ring (bicyclic) bond motifs is 11. The van der Waals surface area contributed by atoms with Crippen molar-refractivity contribution in [1.82, 2.24) is 9.88 Å². The zero-order chi connectivity index (χ0) is 38.4. The molecule has 6 aliphatic rings. The molecule has 280 valence electrons. The average molecular weight is 720 g/mol. The molecule has 2 aromatic rings. The van der Waals surface area contributed by atoms with Crippen LogP contribution in [0.15, 0.2) is 48.2 Å². The molecule has 53 heavy (non-hydrogen) atoms. The SMILES string of the molecule is C=C(C)[C@H]1C(=O)c2c3c(cc4c5c(n1c24)[C@@]1(C)C(CCC2[C@](C)(/C=C/C=C(\C#N)NC(=O)OC)C(O)CC[C@@]21C)C5)C1=CC(C)(C)OC(C)(C)C1C3O. The molecule has 5 unspecified atom stereocenters. The van der Waals surface area contributed by atoms with Crippen molar-refractivity contribution in [2.75, 3.05) is 7.11 Å². The van der Waals surface area contributed by atoms with Gasteiger partial charge in [0.25, 0.3) is 0 Å². The van der Waals surface area contributed by atoms with Crippen LogP contribution in [0.25, 0.3) is 16.5 Å². The molecule has 2 saturated carbocycles. The lowest BCUT2D eigenvalue weighted by atomic mass is 9.40. The van der Waals surface area contributed by atoms with E-state index in [2.05, 4.69) is 68.0 Å². The molecule has 0 radical (unpaired) electrons. The number of nitrogens with one attached hydrogen (secondary N) is 1. The monoisotopic (exact) mass is 719 g/mol. The highest BCUT2D eigenvalue weighted by atomic mass is 16.5. The van der Waals surface area contributed by atoms with E-state index in [1.54, 1.807) is 12.2 Å². The molecule has 1 aromatic carbocycles. The van der Waals surface area contributed by atoms with Gasteiger partial charge in [0.05, 0.1) is 41.6 Å². The maximum absolute atomic E-state index is 14.9. The number of methoxy groups -OCH3 is 1. The molecule has 2 fully saturated rings. The van der Waals surface area contributed by atoms with Crippen molar-refractivity contribution in [1.29, 1.82) is 5.26 Å². The largest absolute Gasteiger partial charge is 0.453 e. The lowest BCUT2D eigenvalue weighted by molar-refractivity contribution is -0.144. The topological polar surface area (TPSA) is 134 Å². The summed E-state index contributed by atoms with van der Waals surface area (Å²) in [4.78, 5) is 26.7. The Hall–Kier alpha value is -3.97. The number of carbonyl (C=O) groups excluding carboxylic acids is 2. The number of benzene rings is 1. The van der Waals surface area contributed by atoms with E-state index in [1.807, 2.05) is 32.9 Å². The third-order valence-corrected chi connectivity index (χ3v) is 14.9. The van der Waals surface area contributed by atoms with E-state index in [4.69, 9.17) is 4.74 Å². The molecule has 8 rings (SSSR count). The Morgan fingerprint density at radius 2 is 1.87 bits per heavy atom. The van der Waals surface area contributed by atoms with Crippen LogP contribution in [-0.4, -0.2) is 51.1 Å². The van der Waals surface area contributed by atoms with Gasteiger partial charge in [0.1, 0.15) is 17.8 Å². The highest BCUT2D eigenvalue weighted by Gasteiger charge is 2.67. The first-order valence-electron chi connectivity index (χ1n) is 19.1. The maximum atomic E-state index is 14.9. The summed E-state index contributed by atoms with van der Waals surface area (Å²) < 4.78 is 13.5. The van der Waals surface area contributed by atoms with Crippen LogP contribution in [-0.2, 0) is 21.3 Å². The second-order valence-corrected chi connectivity index (χ2v) is 18.5. The Balaban J connectivity index is 1.31. The van der Waals surface area contributed by atoms with Crippen molar-refractivity contribution >= 4 is 28.4 Å². The number of allylic oxidation sites excluding steroid dienone is 4. The number of hydrogen-bond donors (Lipinski definition) is 3. The first-order valence-corrected chi connectivity index (χ1v) is 19.1. The Labute approximate surface area is 312 Å². The van der Waals surface area contributed by atoms with Gasteiger partial charge in [0.15, 0.2) is 5.78 Å². The number of aliphatic hydroxyl groups excluding tert-OH is 2. The van der Waals surface area contributed by atoms with Crippen LogP contribution in [0, 0.1) is 39.9 Å². The Morgan fingerprint density at radius 3 is 2.53 bits per heavy atom. The van der Waals surface area contributed by atoms with E-state index in [9.17, 15) is 25.1 Å². The standard InChI is InChI=1S/C44H53N3O6/c1-22(2)34-37(50)32-31-25(28-20-40(3,4)53-41(5,6)33(28)36(31)49)19-26-27-18-23-13-14-29-42(7,16-11-12-24(21-45)46-39(51)52-10)30(48)15-17-43(29,8)44(23,9)38(27)47(34)35(26)32/h11-12,16,19-20,23,29-30,33-34,36,48-49H,1,13-15,17-18H2,2-10H3,(H,46,51)/b16-11+,24-12+/t23?,29?,30?,33?,34-,36?,42-,43-,44+/m0/s1. The molecule has 4 aliphatic carbocycles. The molecule has 9 atom stereocenters. The number of ketones is 1. The number of carbonyl (C=O) groups is 2. The van der Waals surface area contributed by atoms with Gasteiger partial charge in [-0.05, 0) is 119 Å². The summed E-state index contributed by atoms with van der Waals surface area (Å²) in [6, 6.07) is 3.72. The summed E-state index contributed by atoms with van der Waals surface area (Å²) in [5.74, 6) is 0.146. The van der Waals surface area contributed by atoms with Gasteiger partial charge >= 0.3 is 6.09 Å². The van der Waals surface area contributed by atoms with Crippen molar-refractivity contribution in [2.24, 2.45) is 28.6 Å². The number of nitrogens with zero attached hydrogens (tertiary/aromatic N) is 2. The fourth-order valence-corrected chi connectivity index (χ4v) is 12.7. The van der Waals surface area contributed by atoms with Crippen LogP contribution in [0.4, 0.5) is 4.79 Å². The number of Topliss-reactive ketones (excluding diaryl/α,β-unsaturated/α-hetero) is 1. The van der Waals surface area contributed by atoms with Gasteiger partial charge in [-0.15, -0.1) is 0 Å². The first-order chi connectivity index (χ1) is 24.8. The third kappa shape index (κ3) is 4.52. The number of aromatic nitrogens is 1. The summed E-state index contributed by atoms with van der Waals surface area (Å²) >= 11 is 0. The molecule has 1 aromatic heterocycles. The summed E-state index contributed by atoms with van der Waals surface area (Å²) in [5, 5.41) is 37.1. The van der Waals surface area contributed by atoms with Crippen molar-refractivity contribution in [3.63, 3.8) is 0 Å².